The lowest BCUT2D eigenvalue weighted by Crippen LogP contribution is -2.12. The number of carbonyl (C=O) groups is 1. The fourth-order valence-corrected chi connectivity index (χ4v) is 3.59. The first-order chi connectivity index (χ1) is 15.6. The lowest BCUT2D eigenvalue weighted by molar-refractivity contribution is 0.102. The first-order valence-electron chi connectivity index (χ1n) is 10.1. The second-order valence-electron chi connectivity index (χ2n) is 7.32. The molecule has 5 aromatic rings. The average Bonchev–Trinajstić information content (AvgIpc) is 3.26. The number of carbonyl (C=O) groups excluding carboxylic acids is 1. The Morgan fingerprint density at radius 2 is 1.59 bits per heavy atom. The number of aromatic nitrogens is 1. The van der Waals surface area contributed by atoms with Crippen molar-refractivity contribution >= 4 is 33.5 Å². The van der Waals surface area contributed by atoms with Crippen molar-refractivity contribution in [3.63, 3.8) is 0 Å². The van der Waals surface area contributed by atoms with Crippen LogP contribution in [-0.4, -0.2) is 25.1 Å². The highest BCUT2D eigenvalue weighted by Gasteiger charge is 2.13. The lowest BCUT2D eigenvalue weighted by Gasteiger charge is -2.09. The van der Waals surface area contributed by atoms with Crippen molar-refractivity contribution in [1.82, 2.24) is 4.98 Å². The van der Waals surface area contributed by atoms with Gasteiger partial charge in [-0.1, -0.05) is 30.3 Å². The molecule has 4 aromatic carbocycles. The normalized spacial score (nSPS) is 10.9. The van der Waals surface area contributed by atoms with Crippen LogP contribution in [0.4, 0.5) is 5.69 Å². The van der Waals surface area contributed by atoms with E-state index in [2.05, 4.69) is 28.5 Å². The van der Waals surface area contributed by atoms with Crippen molar-refractivity contribution in [2.24, 2.45) is 0 Å². The van der Waals surface area contributed by atoms with E-state index in [1.165, 1.54) is 0 Å². The summed E-state index contributed by atoms with van der Waals surface area (Å²) in [5.41, 5.74) is 3.25. The Kier molecular flexibility index (Phi) is 4.95. The van der Waals surface area contributed by atoms with Crippen LogP contribution >= 0.6 is 0 Å². The average molecular weight is 424 g/mol. The predicted octanol–water partition coefficient (Wildman–Crippen LogP) is 5.92. The molecular formula is C26H20N2O4. The number of oxazole rings is 1. The summed E-state index contributed by atoms with van der Waals surface area (Å²) in [4.78, 5) is 17.4. The molecule has 0 radical (unpaired) electrons. The van der Waals surface area contributed by atoms with Crippen LogP contribution in [-0.2, 0) is 0 Å². The number of hydrogen-bond donors (Lipinski definition) is 1. The quantitative estimate of drug-likeness (QED) is 0.379. The van der Waals surface area contributed by atoms with Crippen molar-refractivity contribution in [3.05, 3.63) is 84.4 Å². The van der Waals surface area contributed by atoms with Crippen LogP contribution in [0.3, 0.4) is 0 Å². The molecule has 6 nitrogen and oxygen atoms in total. The number of fused-ring (bicyclic) bond motifs is 2. The van der Waals surface area contributed by atoms with Gasteiger partial charge in [-0.15, -0.1) is 0 Å². The van der Waals surface area contributed by atoms with Gasteiger partial charge in [0.25, 0.3) is 5.91 Å². The summed E-state index contributed by atoms with van der Waals surface area (Å²) in [6, 6.07) is 24.6. The number of hydrogen-bond acceptors (Lipinski definition) is 5. The van der Waals surface area contributed by atoms with Gasteiger partial charge in [-0.3, -0.25) is 4.79 Å². The highest BCUT2D eigenvalue weighted by molar-refractivity contribution is 6.05. The van der Waals surface area contributed by atoms with Crippen LogP contribution in [0.1, 0.15) is 10.4 Å². The van der Waals surface area contributed by atoms with E-state index in [-0.39, 0.29) is 5.91 Å². The van der Waals surface area contributed by atoms with Crippen LogP contribution in [0.25, 0.3) is 33.3 Å². The maximum Gasteiger partial charge on any atom is 0.255 e. The van der Waals surface area contributed by atoms with Crippen LogP contribution in [0.2, 0.25) is 0 Å². The third-order valence-corrected chi connectivity index (χ3v) is 5.26. The van der Waals surface area contributed by atoms with E-state index in [0.717, 1.165) is 16.3 Å². The van der Waals surface area contributed by atoms with Gasteiger partial charge in [0.05, 0.1) is 14.2 Å². The largest absolute Gasteiger partial charge is 0.497 e. The smallest absolute Gasteiger partial charge is 0.255 e. The molecule has 0 saturated carbocycles. The summed E-state index contributed by atoms with van der Waals surface area (Å²) in [6.07, 6.45) is 0. The monoisotopic (exact) mass is 424 g/mol. The Hall–Kier alpha value is -4.32. The maximum atomic E-state index is 12.8. The predicted molar refractivity (Wildman–Crippen MR) is 124 cm³/mol. The summed E-state index contributed by atoms with van der Waals surface area (Å²) < 4.78 is 16.4. The highest BCUT2D eigenvalue weighted by Crippen LogP contribution is 2.29. The van der Waals surface area contributed by atoms with Gasteiger partial charge in [0.1, 0.15) is 17.0 Å². The molecule has 0 fully saturated rings. The molecule has 0 spiro atoms. The zero-order valence-electron chi connectivity index (χ0n) is 17.6. The topological polar surface area (TPSA) is 73.6 Å². The Labute approximate surface area is 184 Å². The van der Waals surface area contributed by atoms with Crippen molar-refractivity contribution in [3.8, 4) is 23.0 Å². The minimum Gasteiger partial charge on any atom is -0.497 e. The molecule has 32 heavy (non-hydrogen) atoms. The maximum absolute atomic E-state index is 12.8. The number of nitrogens with one attached hydrogen (secondary N) is 1. The van der Waals surface area contributed by atoms with Gasteiger partial charge < -0.3 is 19.2 Å². The highest BCUT2D eigenvalue weighted by atomic mass is 16.5. The summed E-state index contributed by atoms with van der Waals surface area (Å²) in [5.74, 6) is 1.34. The molecule has 158 valence electrons. The SMILES string of the molecule is COc1cc(OC)cc(C(=O)Nc2ccc3oc(-c4ccc5ccccc5c4)nc3c2)c1. The van der Waals surface area contributed by atoms with E-state index in [4.69, 9.17) is 13.9 Å². The summed E-state index contributed by atoms with van der Waals surface area (Å²) >= 11 is 0. The molecule has 0 saturated heterocycles. The molecule has 1 N–H and O–H groups in total. The van der Waals surface area contributed by atoms with E-state index in [1.54, 1.807) is 50.6 Å². The zero-order valence-corrected chi connectivity index (χ0v) is 17.6. The summed E-state index contributed by atoms with van der Waals surface area (Å²) in [6.45, 7) is 0. The molecule has 0 unspecified atom stereocenters. The zero-order chi connectivity index (χ0) is 22.1. The van der Waals surface area contributed by atoms with Crippen molar-refractivity contribution in [1.29, 1.82) is 0 Å². The number of nitrogens with zero attached hydrogens (tertiary/aromatic N) is 1. The van der Waals surface area contributed by atoms with Gasteiger partial charge in [-0.05, 0) is 53.2 Å². The molecular weight excluding hydrogens is 404 g/mol. The molecule has 1 amide bonds. The van der Waals surface area contributed by atoms with Crippen LogP contribution in [0.5, 0.6) is 11.5 Å². The lowest BCUT2D eigenvalue weighted by atomic mass is 10.1. The van der Waals surface area contributed by atoms with E-state index in [0.29, 0.717) is 39.7 Å². The molecule has 0 aliphatic rings. The Balaban J connectivity index is 1.43. The third-order valence-electron chi connectivity index (χ3n) is 5.26. The van der Waals surface area contributed by atoms with Gasteiger partial charge >= 0.3 is 0 Å². The summed E-state index contributed by atoms with van der Waals surface area (Å²) in [5, 5.41) is 5.17. The minimum atomic E-state index is -0.278. The fraction of sp³-hybridized carbons (Fsp3) is 0.0769. The Morgan fingerprint density at radius 3 is 2.34 bits per heavy atom. The molecule has 0 aliphatic carbocycles. The first kappa shape index (κ1) is 19.6. The molecule has 1 aromatic heterocycles. The number of ether oxygens (including phenoxy) is 2. The molecule has 1 heterocycles. The third kappa shape index (κ3) is 3.74. The number of anilines is 1. The number of amides is 1. The minimum absolute atomic E-state index is 0.278. The van der Waals surface area contributed by atoms with Crippen LogP contribution in [0, 0.1) is 0 Å². The van der Waals surface area contributed by atoms with Crippen molar-refractivity contribution < 1.29 is 18.7 Å². The van der Waals surface area contributed by atoms with Gasteiger partial charge in [0.2, 0.25) is 5.89 Å². The van der Waals surface area contributed by atoms with E-state index in [9.17, 15) is 4.79 Å². The number of rotatable bonds is 5. The fourth-order valence-electron chi connectivity index (χ4n) is 3.59. The van der Waals surface area contributed by atoms with Gasteiger partial charge in [0, 0.05) is 22.9 Å². The second kappa shape index (κ2) is 8.07. The summed E-state index contributed by atoms with van der Waals surface area (Å²) in [7, 11) is 3.09. The molecule has 0 aliphatic heterocycles. The van der Waals surface area contributed by atoms with E-state index < -0.39 is 0 Å². The molecule has 6 heteroatoms. The van der Waals surface area contributed by atoms with E-state index >= 15 is 0 Å². The Morgan fingerprint density at radius 1 is 0.844 bits per heavy atom. The second-order valence-corrected chi connectivity index (χ2v) is 7.32. The number of methoxy groups -OCH3 is 2. The standard InChI is InChI=1S/C26H20N2O4/c1-30-21-12-19(13-22(15-21)31-2)25(29)27-20-9-10-24-23(14-20)28-26(32-24)18-8-7-16-5-3-4-6-17(16)11-18/h3-15H,1-2H3,(H,27,29). The van der Waals surface area contributed by atoms with Crippen LogP contribution in [0.15, 0.2) is 83.3 Å². The molecule has 0 atom stereocenters. The van der Waals surface area contributed by atoms with Gasteiger partial charge in [0.15, 0.2) is 5.58 Å². The van der Waals surface area contributed by atoms with Crippen molar-refractivity contribution in [2.45, 2.75) is 0 Å². The van der Waals surface area contributed by atoms with Gasteiger partial charge in [-0.2, -0.15) is 0 Å². The molecule has 0 bridgehead atoms. The first-order valence-corrected chi connectivity index (χ1v) is 10.1. The van der Waals surface area contributed by atoms with Gasteiger partial charge in [-0.25, -0.2) is 4.98 Å². The molecule has 5 rings (SSSR count). The Bertz CT molecular complexity index is 1430. The number of benzene rings is 4. The van der Waals surface area contributed by atoms with E-state index in [1.807, 2.05) is 24.3 Å². The van der Waals surface area contributed by atoms with Crippen LogP contribution < -0.4 is 14.8 Å². The van der Waals surface area contributed by atoms with Crippen molar-refractivity contribution in [2.75, 3.05) is 19.5 Å².